The molecule has 23 heavy (non-hydrogen) atoms. The zero-order valence-corrected chi connectivity index (χ0v) is 13.8. The SMILES string of the molecule is CCNCCNC(=O)c1ccccc1OCc1ccccc1C. The Balaban J connectivity index is 2.00. The Kier molecular flexibility index (Phi) is 6.63. The molecule has 0 spiro atoms. The van der Waals surface area contributed by atoms with Crippen LogP contribution in [0.5, 0.6) is 5.75 Å². The summed E-state index contributed by atoms with van der Waals surface area (Å²) in [4.78, 5) is 12.3. The van der Waals surface area contributed by atoms with E-state index in [1.807, 2.05) is 43.3 Å². The van der Waals surface area contributed by atoms with E-state index in [4.69, 9.17) is 4.74 Å². The number of aryl methyl sites for hydroxylation is 1. The van der Waals surface area contributed by atoms with Crippen LogP contribution in [0.1, 0.15) is 28.4 Å². The van der Waals surface area contributed by atoms with Crippen LogP contribution in [-0.4, -0.2) is 25.5 Å². The van der Waals surface area contributed by atoms with E-state index < -0.39 is 0 Å². The van der Waals surface area contributed by atoms with Crippen LogP contribution in [0.4, 0.5) is 0 Å². The molecule has 4 heteroatoms. The molecule has 0 heterocycles. The van der Waals surface area contributed by atoms with Crippen LogP contribution < -0.4 is 15.4 Å². The van der Waals surface area contributed by atoms with E-state index in [-0.39, 0.29) is 5.91 Å². The van der Waals surface area contributed by atoms with Crippen molar-refractivity contribution in [1.82, 2.24) is 10.6 Å². The lowest BCUT2D eigenvalue weighted by Gasteiger charge is -2.13. The molecule has 0 aliphatic rings. The summed E-state index contributed by atoms with van der Waals surface area (Å²) in [6, 6.07) is 15.4. The quantitative estimate of drug-likeness (QED) is 0.737. The first-order valence-corrected chi connectivity index (χ1v) is 7.97. The Hall–Kier alpha value is -2.33. The molecule has 0 saturated heterocycles. The monoisotopic (exact) mass is 312 g/mol. The minimum atomic E-state index is -0.108. The van der Waals surface area contributed by atoms with E-state index >= 15 is 0 Å². The van der Waals surface area contributed by atoms with Gasteiger partial charge in [-0.15, -0.1) is 0 Å². The van der Waals surface area contributed by atoms with Crippen LogP contribution >= 0.6 is 0 Å². The van der Waals surface area contributed by atoms with Gasteiger partial charge in [-0.25, -0.2) is 0 Å². The van der Waals surface area contributed by atoms with Crippen molar-refractivity contribution in [3.63, 3.8) is 0 Å². The van der Waals surface area contributed by atoms with Crippen LogP contribution in [-0.2, 0) is 6.61 Å². The van der Waals surface area contributed by atoms with Gasteiger partial charge in [0.05, 0.1) is 5.56 Å². The van der Waals surface area contributed by atoms with Crippen LogP contribution in [0.25, 0.3) is 0 Å². The molecule has 0 unspecified atom stereocenters. The van der Waals surface area contributed by atoms with Crippen molar-refractivity contribution in [2.45, 2.75) is 20.5 Å². The Morgan fingerprint density at radius 3 is 2.57 bits per heavy atom. The van der Waals surface area contributed by atoms with Gasteiger partial charge in [0, 0.05) is 13.1 Å². The number of amides is 1. The molecular formula is C19H24N2O2. The smallest absolute Gasteiger partial charge is 0.255 e. The molecule has 0 fully saturated rings. The van der Waals surface area contributed by atoms with Crippen molar-refractivity contribution in [3.8, 4) is 5.75 Å². The number of benzene rings is 2. The summed E-state index contributed by atoms with van der Waals surface area (Å²) in [6.07, 6.45) is 0. The minimum absolute atomic E-state index is 0.108. The lowest BCUT2D eigenvalue weighted by molar-refractivity contribution is 0.0949. The van der Waals surface area contributed by atoms with Crippen molar-refractivity contribution in [1.29, 1.82) is 0 Å². The summed E-state index contributed by atoms with van der Waals surface area (Å²) >= 11 is 0. The molecule has 0 saturated carbocycles. The maximum Gasteiger partial charge on any atom is 0.255 e. The first-order chi connectivity index (χ1) is 11.2. The Morgan fingerprint density at radius 1 is 1.04 bits per heavy atom. The predicted molar refractivity (Wildman–Crippen MR) is 92.8 cm³/mol. The highest BCUT2D eigenvalue weighted by Crippen LogP contribution is 2.20. The van der Waals surface area contributed by atoms with Gasteiger partial charge in [0.15, 0.2) is 0 Å². The van der Waals surface area contributed by atoms with Crippen LogP contribution in [0, 0.1) is 6.92 Å². The van der Waals surface area contributed by atoms with Crippen molar-refractivity contribution >= 4 is 5.91 Å². The maximum absolute atomic E-state index is 12.3. The van der Waals surface area contributed by atoms with Crippen molar-refractivity contribution in [3.05, 3.63) is 65.2 Å². The zero-order valence-electron chi connectivity index (χ0n) is 13.8. The summed E-state index contributed by atoms with van der Waals surface area (Å²) in [7, 11) is 0. The Bertz CT molecular complexity index is 641. The lowest BCUT2D eigenvalue weighted by Crippen LogP contribution is -2.31. The number of carbonyl (C=O) groups excluding carboxylic acids is 1. The second kappa shape index (κ2) is 8.96. The first-order valence-electron chi connectivity index (χ1n) is 7.97. The maximum atomic E-state index is 12.3. The molecular weight excluding hydrogens is 288 g/mol. The molecule has 2 rings (SSSR count). The van der Waals surface area contributed by atoms with Gasteiger partial charge in [-0.2, -0.15) is 0 Å². The summed E-state index contributed by atoms with van der Waals surface area (Å²) in [6.45, 7) is 6.79. The van der Waals surface area contributed by atoms with Gasteiger partial charge in [0.25, 0.3) is 5.91 Å². The molecule has 0 atom stereocenters. The van der Waals surface area contributed by atoms with Gasteiger partial charge < -0.3 is 15.4 Å². The molecule has 4 nitrogen and oxygen atoms in total. The fourth-order valence-corrected chi connectivity index (χ4v) is 2.24. The third-order valence-corrected chi connectivity index (χ3v) is 3.61. The zero-order chi connectivity index (χ0) is 16.5. The van der Waals surface area contributed by atoms with Crippen LogP contribution in [0.3, 0.4) is 0 Å². The van der Waals surface area contributed by atoms with Gasteiger partial charge in [-0.3, -0.25) is 4.79 Å². The fourth-order valence-electron chi connectivity index (χ4n) is 2.24. The van der Waals surface area contributed by atoms with E-state index in [0.717, 1.165) is 18.7 Å². The van der Waals surface area contributed by atoms with Crippen LogP contribution in [0.2, 0.25) is 0 Å². The van der Waals surface area contributed by atoms with E-state index in [9.17, 15) is 4.79 Å². The molecule has 0 aliphatic carbocycles. The highest BCUT2D eigenvalue weighted by molar-refractivity contribution is 5.96. The number of hydrogen-bond acceptors (Lipinski definition) is 3. The van der Waals surface area contributed by atoms with Gasteiger partial charge in [0.2, 0.25) is 0 Å². The highest BCUT2D eigenvalue weighted by atomic mass is 16.5. The summed E-state index contributed by atoms with van der Waals surface area (Å²) in [5.74, 6) is 0.500. The standard InChI is InChI=1S/C19H24N2O2/c1-3-20-12-13-21-19(22)17-10-6-7-11-18(17)23-14-16-9-5-4-8-15(16)2/h4-11,20H,3,12-14H2,1-2H3,(H,21,22). The number of rotatable bonds is 8. The summed E-state index contributed by atoms with van der Waals surface area (Å²) < 4.78 is 5.88. The summed E-state index contributed by atoms with van der Waals surface area (Å²) in [5.41, 5.74) is 2.87. The van der Waals surface area contributed by atoms with E-state index in [0.29, 0.717) is 24.5 Å². The molecule has 0 aromatic heterocycles. The van der Waals surface area contributed by atoms with E-state index in [1.54, 1.807) is 6.07 Å². The largest absolute Gasteiger partial charge is 0.488 e. The number of hydrogen-bond donors (Lipinski definition) is 2. The molecule has 0 bridgehead atoms. The lowest BCUT2D eigenvalue weighted by atomic mass is 10.1. The predicted octanol–water partition coefficient (Wildman–Crippen LogP) is 2.91. The fraction of sp³-hybridized carbons (Fsp3) is 0.316. The highest BCUT2D eigenvalue weighted by Gasteiger charge is 2.11. The van der Waals surface area contributed by atoms with Gasteiger partial charge >= 0.3 is 0 Å². The number of likely N-dealkylation sites (N-methyl/N-ethyl adjacent to an activating group) is 1. The van der Waals surface area contributed by atoms with Crippen LogP contribution in [0.15, 0.2) is 48.5 Å². The Labute approximate surface area is 137 Å². The van der Waals surface area contributed by atoms with Gasteiger partial charge in [0.1, 0.15) is 12.4 Å². The van der Waals surface area contributed by atoms with Crippen molar-refractivity contribution < 1.29 is 9.53 Å². The second-order valence-corrected chi connectivity index (χ2v) is 5.32. The van der Waals surface area contributed by atoms with E-state index in [2.05, 4.69) is 23.6 Å². The minimum Gasteiger partial charge on any atom is -0.488 e. The molecule has 0 radical (unpaired) electrons. The molecule has 2 N–H and O–H groups in total. The van der Waals surface area contributed by atoms with Gasteiger partial charge in [-0.05, 0) is 36.7 Å². The second-order valence-electron chi connectivity index (χ2n) is 5.32. The molecule has 0 aliphatic heterocycles. The average molecular weight is 312 g/mol. The van der Waals surface area contributed by atoms with Gasteiger partial charge in [-0.1, -0.05) is 43.3 Å². The molecule has 122 valence electrons. The van der Waals surface area contributed by atoms with Crippen molar-refractivity contribution in [2.24, 2.45) is 0 Å². The van der Waals surface area contributed by atoms with E-state index in [1.165, 1.54) is 5.56 Å². The molecule has 2 aromatic rings. The number of ether oxygens (including phenoxy) is 1. The molecule has 1 amide bonds. The first kappa shape index (κ1) is 17.0. The Morgan fingerprint density at radius 2 is 1.78 bits per heavy atom. The normalized spacial score (nSPS) is 10.3. The molecule has 2 aromatic carbocycles. The third-order valence-electron chi connectivity index (χ3n) is 3.61. The number of carbonyl (C=O) groups is 1. The average Bonchev–Trinajstić information content (AvgIpc) is 2.58. The topological polar surface area (TPSA) is 50.4 Å². The summed E-state index contributed by atoms with van der Waals surface area (Å²) in [5, 5.41) is 6.08. The van der Waals surface area contributed by atoms with Crippen molar-refractivity contribution in [2.75, 3.05) is 19.6 Å². The third kappa shape index (κ3) is 5.11. The number of nitrogens with one attached hydrogen (secondary N) is 2. The number of para-hydroxylation sites is 1.